The molecule has 0 aromatic heterocycles. The van der Waals surface area contributed by atoms with Crippen molar-refractivity contribution in [2.45, 2.75) is 65.1 Å². The predicted molar refractivity (Wildman–Crippen MR) is 97.9 cm³/mol. The summed E-state index contributed by atoms with van der Waals surface area (Å²) in [5.74, 6) is 0.165. The number of aliphatic hydroxyl groups is 1. The van der Waals surface area contributed by atoms with Gasteiger partial charge in [-0.05, 0) is 29.9 Å². The molecule has 0 radical (unpaired) electrons. The number of benzene rings is 1. The van der Waals surface area contributed by atoms with Gasteiger partial charge in [0.25, 0.3) is 0 Å². The Morgan fingerprint density at radius 1 is 1.28 bits per heavy atom. The van der Waals surface area contributed by atoms with Crippen molar-refractivity contribution in [3.8, 4) is 0 Å². The maximum atomic E-state index is 12.9. The zero-order valence-electron chi connectivity index (χ0n) is 15.5. The minimum atomic E-state index is -0.478. The summed E-state index contributed by atoms with van der Waals surface area (Å²) in [6.45, 7) is 6.54. The molecule has 2 atom stereocenters. The monoisotopic (exact) mass is 346 g/mol. The average molecular weight is 346 g/mol. The highest BCUT2D eigenvalue weighted by atomic mass is 16.3. The lowest BCUT2D eigenvalue weighted by Gasteiger charge is -2.37. The van der Waals surface area contributed by atoms with Crippen LogP contribution in [0.3, 0.4) is 0 Å². The Morgan fingerprint density at radius 2 is 1.96 bits per heavy atom. The molecule has 0 bridgehead atoms. The van der Waals surface area contributed by atoms with Crippen LogP contribution in [0.25, 0.3) is 0 Å². The molecule has 5 nitrogen and oxygen atoms in total. The first-order chi connectivity index (χ1) is 12.0. The molecule has 2 unspecified atom stereocenters. The van der Waals surface area contributed by atoms with E-state index in [1.54, 1.807) is 4.90 Å². The molecule has 1 aliphatic rings. The molecule has 5 heteroatoms. The van der Waals surface area contributed by atoms with E-state index in [2.05, 4.69) is 5.32 Å². The van der Waals surface area contributed by atoms with Gasteiger partial charge in [0.2, 0.25) is 11.8 Å². The SMILES string of the molecule is CCC(CCO)NC(=O)C1Cc2ccccc2CN1C(=O)CC(C)C. The molecule has 0 saturated heterocycles. The van der Waals surface area contributed by atoms with Crippen LogP contribution in [0.2, 0.25) is 0 Å². The van der Waals surface area contributed by atoms with Crippen LogP contribution < -0.4 is 5.32 Å². The third-order valence-corrected chi connectivity index (χ3v) is 4.77. The lowest BCUT2D eigenvalue weighted by atomic mass is 9.92. The van der Waals surface area contributed by atoms with Crippen molar-refractivity contribution in [1.82, 2.24) is 10.2 Å². The van der Waals surface area contributed by atoms with Gasteiger partial charge < -0.3 is 15.3 Å². The van der Waals surface area contributed by atoms with Gasteiger partial charge in [-0.25, -0.2) is 0 Å². The molecule has 2 amide bonds. The van der Waals surface area contributed by atoms with Crippen molar-refractivity contribution < 1.29 is 14.7 Å². The number of amides is 2. The van der Waals surface area contributed by atoms with Crippen molar-refractivity contribution in [2.24, 2.45) is 5.92 Å². The van der Waals surface area contributed by atoms with Crippen LogP contribution in [-0.2, 0) is 22.6 Å². The summed E-state index contributed by atoms with van der Waals surface area (Å²) in [4.78, 5) is 27.3. The summed E-state index contributed by atoms with van der Waals surface area (Å²) >= 11 is 0. The summed E-state index contributed by atoms with van der Waals surface area (Å²) in [7, 11) is 0. The molecule has 1 aliphatic heterocycles. The number of rotatable bonds is 7. The average Bonchev–Trinajstić information content (AvgIpc) is 2.59. The van der Waals surface area contributed by atoms with E-state index in [1.165, 1.54) is 0 Å². The van der Waals surface area contributed by atoms with E-state index >= 15 is 0 Å². The van der Waals surface area contributed by atoms with E-state index in [0.29, 0.717) is 25.8 Å². The zero-order chi connectivity index (χ0) is 18.4. The molecule has 138 valence electrons. The van der Waals surface area contributed by atoms with Gasteiger partial charge in [0.15, 0.2) is 0 Å². The molecule has 2 rings (SSSR count). The highest BCUT2D eigenvalue weighted by Gasteiger charge is 2.35. The fourth-order valence-corrected chi connectivity index (χ4v) is 3.32. The fourth-order valence-electron chi connectivity index (χ4n) is 3.32. The number of hydrogen-bond donors (Lipinski definition) is 2. The molecule has 0 spiro atoms. The first-order valence-electron chi connectivity index (χ1n) is 9.23. The Morgan fingerprint density at radius 3 is 2.56 bits per heavy atom. The predicted octanol–water partition coefficient (Wildman–Crippen LogP) is 2.26. The lowest BCUT2D eigenvalue weighted by Crippen LogP contribution is -2.54. The van der Waals surface area contributed by atoms with Crippen molar-refractivity contribution >= 4 is 11.8 Å². The molecule has 1 aromatic carbocycles. The Balaban J connectivity index is 2.21. The van der Waals surface area contributed by atoms with Crippen LogP contribution in [0, 0.1) is 5.92 Å². The topological polar surface area (TPSA) is 69.6 Å². The first kappa shape index (κ1) is 19.4. The van der Waals surface area contributed by atoms with E-state index in [1.807, 2.05) is 45.0 Å². The minimum Gasteiger partial charge on any atom is -0.396 e. The van der Waals surface area contributed by atoms with Crippen molar-refractivity contribution in [3.05, 3.63) is 35.4 Å². The van der Waals surface area contributed by atoms with Crippen LogP contribution >= 0.6 is 0 Å². The second-order valence-electron chi connectivity index (χ2n) is 7.23. The number of aliphatic hydroxyl groups excluding tert-OH is 1. The van der Waals surface area contributed by atoms with Gasteiger partial charge in [-0.15, -0.1) is 0 Å². The maximum absolute atomic E-state index is 12.9. The third kappa shape index (κ3) is 5.05. The number of nitrogens with one attached hydrogen (secondary N) is 1. The second-order valence-corrected chi connectivity index (χ2v) is 7.23. The van der Waals surface area contributed by atoms with Gasteiger partial charge in [0.05, 0.1) is 0 Å². The quantitative estimate of drug-likeness (QED) is 0.796. The van der Waals surface area contributed by atoms with Crippen LogP contribution in [0.1, 0.15) is 51.2 Å². The van der Waals surface area contributed by atoms with Crippen molar-refractivity contribution in [3.63, 3.8) is 0 Å². The lowest BCUT2D eigenvalue weighted by molar-refractivity contribution is -0.142. The molecule has 0 fully saturated rings. The number of hydrogen-bond acceptors (Lipinski definition) is 3. The van der Waals surface area contributed by atoms with Gasteiger partial charge >= 0.3 is 0 Å². The molecular formula is C20H30N2O3. The zero-order valence-corrected chi connectivity index (χ0v) is 15.5. The van der Waals surface area contributed by atoms with Crippen molar-refractivity contribution in [1.29, 1.82) is 0 Å². The Kier molecular flexibility index (Phi) is 7.00. The van der Waals surface area contributed by atoms with E-state index in [4.69, 9.17) is 5.11 Å². The highest BCUT2D eigenvalue weighted by molar-refractivity contribution is 5.88. The Bertz CT molecular complexity index is 600. The van der Waals surface area contributed by atoms with Crippen LogP contribution in [0.15, 0.2) is 24.3 Å². The van der Waals surface area contributed by atoms with Crippen molar-refractivity contribution in [2.75, 3.05) is 6.61 Å². The molecule has 25 heavy (non-hydrogen) atoms. The minimum absolute atomic E-state index is 0.0276. The number of carbonyl (C=O) groups is 2. The van der Waals surface area contributed by atoms with Crippen LogP contribution in [0.4, 0.5) is 0 Å². The summed E-state index contributed by atoms with van der Waals surface area (Å²) in [5, 5.41) is 12.2. The highest BCUT2D eigenvalue weighted by Crippen LogP contribution is 2.25. The van der Waals surface area contributed by atoms with E-state index < -0.39 is 6.04 Å². The van der Waals surface area contributed by atoms with E-state index in [0.717, 1.165) is 17.5 Å². The molecule has 2 N–H and O–H groups in total. The van der Waals surface area contributed by atoms with Crippen LogP contribution in [-0.4, -0.2) is 40.5 Å². The first-order valence-corrected chi connectivity index (χ1v) is 9.23. The van der Waals surface area contributed by atoms with E-state index in [-0.39, 0.29) is 30.4 Å². The van der Waals surface area contributed by atoms with Gasteiger partial charge in [-0.1, -0.05) is 45.0 Å². The molecular weight excluding hydrogens is 316 g/mol. The van der Waals surface area contributed by atoms with Gasteiger partial charge in [0.1, 0.15) is 6.04 Å². The largest absolute Gasteiger partial charge is 0.396 e. The normalized spacial score (nSPS) is 18.0. The van der Waals surface area contributed by atoms with E-state index in [9.17, 15) is 9.59 Å². The summed E-state index contributed by atoms with van der Waals surface area (Å²) in [6, 6.07) is 7.47. The Hall–Kier alpha value is -1.88. The summed E-state index contributed by atoms with van der Waals surface area (Å²) in [6.07, 6.45) is 2.28. The second kappa shape index (κ2) is 8.99. The molecule has 1 heterocycles. The van der Waals surface area contributed by atoms with Crippen LogP contribution in [0.5, 0.6) is 0 Å². The molecule has 0 saturated carbocycles. The van der Waals surface area contributed by atoms with Gasteiger partial charge in [-0.3, -0.25) is 9.59 Å². The molecule has 0 aliphatic carbocycles. The number of carbonyl (C=O) groups excluding carboxylic acids is 2. The third-order valence-electron chi connectivity index (χ3n) is 4.77. The standard InChI is InChI=1S/C20H30N2O3/c1-4-17(9-10-23)21-20(25)18-12-15-7-5-6-8-16(15)13-22(18)19(24)11-14(2)3/h5-8,14,17-18,23H,4,9-13H2,1-3H3,(H,21,25). The Labute approximate surface area is 150 Å². The van der Waals surface area contributed by atoms with Gasteiger partial charge in [0, 0.05) is 32.0 Å². The summed E-state index contributed by atoms with van der Waals surface area (Å²) < 4.78 is 0. The maximum Gasteiger partial charge on any atom is 0.243 e. The number of fused-ring (bicyclic) bond motifs is 1. The smallest absolute Gasteiger partial charge is 0.243 e. The van der Waals surface area contributed by atoms with Gasteiger partial charge in [-0.2, -0.15) is 0 Å². The summed E-state index contributed by atoms with van der Waals surface area (Å²) in [5.41, 5.74) is 2.25. The number of nitrogens with zero attached hydrogens (tertiary/aromatic N) is 1. The molecule has 1 aromatic rings. The fraction of sp³-hybridized carbons (Fsp3) is 0.600.